The van der Waals surface area contributed by atoms with E-state index < -0.39 is 18.5 Å². The van der Waals surface area contributed by atoms with Crippen LogP contribution in [0.25, 0.3) is 10.8 Å². The minimum absolute atomic E-state index is 0.00218. The summed E-state index contributed by atoms with van der Waals surface area (Å²) >= 11 is 0. The maximum Gasteiger partial charge on any atom is 0.342 e. The minimum Gasteiger partial charge on any atom is -0.507 e. The zero-order valence-electron chi connectivity index (χ0n) is 14.3. The van der Waals surface area contributed by atoms with Crippen LogP contribution in [-0.4, -0.2) is 23.6 Å². The molecule has 3 aromatic rings. The van der Waals surface area contributed by atoms with Crippen LogP contribution in [0.1, 0.15) is 15.9 Å². The summed E-state index contributed by atoms with van der Waals surface area (Å²) in [6.45, 7) is -0.481. The smallest absolute Gasteiger partial charge is 0.342 e. The fourth-order valence-corrected chi connectivity index (χ4v) is 2.59. The lowest BCUT2D eigenvalue weighted by Gasteiger charge is -2.09. The summed E-state index contributed by atoms with van der Waals surface area (Å²) in [7, 11) is 0. The number of anilines is 1. The molecule has 0 heterocycles. The van der Waals surface area contributed by atoms with Crippen LogP contribution in [0, 0.1) is 11.3 Å². The van der Waals surface area contributed by atoms with E-state index in [0.717, 1.165) is 16.3 Å². The van der Waals surface area contributed by atoms with E-state index in [1.54, 1.807) is 24.3 Å². The van der Waals surface area contributed by atoms with Gasteiger partial charge in [0.25, 0.3) is 5.91 Å². The third kappa shape index (κ3) is 4.41. The molecular formula is C21H16N2O4. The van der Waals surface area contributed by atoms with Crippen molar-refractivity contribution in [2.45, 2.75) is 6.42 Å². The molecule has 0 saturated heterocycles. The molecule has 0 unspecified atom stereocenters. The summed E-state index contributed by atoms with van der Waals surface area (Å²) in [6.07, 6.45) is 0.293. The second-order valence-corrected chi connectivity index (χ2v) is 5.87. The minimum atomic E-state index is -0.780. The highest BCUT2D eigenvalue weighted by atomic mass is 16.5. The molecule has 134 valence electrons. The van der Waals surface area contributed by atoms with Gasteiger partial charge in [-0.1, -0.05) is 36.4 Å². The highest BCUT2D eigenvalue weighted by Gasteiger charge is 2.15. The summed E-state index contributed by atoms with van der Waals surface area (Å²) in [5.74, 6) is -1.48. The van der Waals surface area contributed by atoms with Crippen molar-refractivity contribution in [2.75, 3.05) is 11.9 Å². The molecule has 3 rings (SSSR count). The zero-order chi connectivity index (χ0) is 19.2. The number of carbonyl (C=O) groups is 2. The van der Waals surface area contributed by atoms with Crippen LogP contribution >= 0.6 is 0 Å². The molecule has 0 fully saturated rings. The van der Waals surface area contributed by atoms with Gasteiger partial charge in [-0.2, -0.15) is 5.26 Å². The predicted octanol–water partition coefficient (Wildman–Crippen LogP) is 3.41. The molecule has 0 saturated carbocycles. The van der Waals surface area contributed by atoms with Crippen LogP contribution < -0.4 is 5.32 Å². The van der Waals surface area contributed by atoms with Gasteiger partial charge in [0.15, 0.2) is 6.61 Å². The third-order valence-electron chi connectivity index (χ3n) is 3.94. The standard InChI is InChI=1S/C21H16N2O4/c22-10-9-14-5-7-17(8-6-14)23-20(25)13-27-21(26)18-11-15-3-1-2-4-16(15)12-19(18)24/h1-8,11-12,24H,9,13H2,(H,23,25). The van der Waals surface area contributed by atoms with Crippen LogP contribution in [0.5, 0.6) is 5.75 Å². The van der Waals surface area contributed by atoms with E-state index in [0.29, 0.717) is 12.1 Å². The average Bonchev–Trinajstić information content (AvgIpc) is 2.67. The Morgan fingerprint density at radius 2 is 1.70 bits per heavy atom. The highest BCUT2D eigenvalue weighted by Crippen LogP contribution is 2.25. The topological polar surface area (TPSA) is 99.4 Å². The summed E-state index contributed by atoms with van der Waals surface area (Å²) in [4.78, 5) is 24.1. The number of carbonyl (C=O) groups excluding carboxylic acids is 2. The molecule has 0 radical (unpaired) electrons. The van der Waals surface area contributed by atoms with Crippen molar-refractivity contribution in [3.05, 3.63) is 71.8 Å². The number of phenolic OH excluding ortho intramolecular Hbond substituents is 1. The van der Waals surface area contributed by atoms with Gasteiger partial charge in [0.2, 0.25) is 0 Å². The number of esters is 1. The van der Waals surface area contributed by atoms with E-state index in [4.69, 9.17) is 10.00 Å². The second-order valence-electron chi connectivity index (χ2n) is 5.87. The number of nitrogens with one attached hydrogen (secondary N) is 1. The lowest BCUT2D eigenvalue weighted by Crippen LogP contribution is -2.21. The Hall–Kier alpha value is -3.85. The van der Waals surface area contributed by atoms with Crippen molar-refractivity contribution >= 4 is 28.3 Å². The van der Waals surface area contributed by atoms with Gasteiger partial charge in [-0.3, -0.25) is 4.79 Å². The molecule has 0 spiro atoms. The summed E-state index contributed by atoms with van der Waals surface area (Å²) in [5.41, 5.74) is 1.38. The summed E-state index contributed by atoms with van der Waals surface area (Å²) in [5, 5.41) is 22.8. The van der Waals surface area contributed by atoms with Crippen molar-refractivity contribution in [3.63, 3.8) is 0 Å². The second kappa shape index (κ2) is 8.02. The van der Waals surface area contributed by atoms with Crippen molar-refractivity contribution in [3.8, 4) is 11.8 Å². The van der Waals surface area contributed by atoms with Crippen LogP contribution in [-0.2, 0) is 16.0 Å². The third-order valence-corrected chi connectivity index (χ3v) is 3.94. The van der Waals surface area contributed by atoms with Crippen LogP contribution in [0.2, 0.25) is 0 Å². The largest absolute Gasteiger partial charge is 0.507 e. The molecule has 1 amide bonds. The average molecular weight is 360 g/mol. The Labute approximate surface area is 155 Å². The van der Waals surface area contributed by atoms with E-state index >= 15 is 0 Å². The Balaban J connectivity index is 1.61. The number of phenols is 1. The van der Waals surface area contributed by atoms with Gasteiger partial charge in [0, 0.05) is 5.69 Å². The molecule has 6 nitrogen and oxygen atoms in total. The first-order valence-corrected chi connectivity index (χ1v) is 8.21. The first-order valence-electron chi connectivity index (χ1n) is 8.21. The molecule has 3 aromatic carbocycles. The van der Waals surface area contributed by atoms with Gasteiger partial charge in [-0.15, -0.1) is 0 Å². The van der Waals surface area contributed by atoms with Gasteiger partial charge < -0.3 is 15.2 Å². The molecule has 0 atom stereocenters. The number of fused-ring (bicyclic) bond motifs is 1. The number of hydrogen-bond donors (Lipinski definition) is 2. The molecule has 0 aliphatic rings. The van der Waals surface area contributed by atoms with Gasteiger partial charge in [0.1, 0.15) is 11.3 Å². The quantitative estimate of drug-likeness (QED) is 0.679. The van der Waals surface area contributed by atoms with Crippen LogP contribution in [0.3, 0.4) is 0 Å². The fourth-order valence-electron chi connectivity index (χ4n) is 2.59. The van der Waals surface area contributed by atoms with Gasteiger partial charge in [-0.05, 0) is 40.6 Å². The van der Waals surface area contributed by atoms with E-state index in [1.807, 2.05) is 30.3 Å². The molecule has 27 heavy (non-hydrogen) atoms. The fraction of sp³-hybridized carbons (Fsp3) is 0.0952. The summed E-state index contributed by atoms with van der Waals surface area (Å²) < 4.78 is 5.00. The predicted molar refractivity (Wildman–Crippen MR) is 100 cm³/mol. The molecule has 0 bridgehead atoms. The van der Waals surface area contributed by atoms with Gasteiger partial charge >= 0.3 is 5.97 Å². The van der Waals surface area contributed by atoms with Gasteiger partial charge in [-0.25, -0.2) is 4.79 Å². The maximum absolute atomic E-state index is 12.2. The Morgan fingerprint density at radius 3 is 2.37 bits per heavy atom. The number of amides is 1. The van der Waals surface area contributed by atoms with Crippen LogP contribution in [0.15, 0.2) is 60.7 Å². The maximum atomic E-state index is 12.2. The monoisotopic (exact) mass is 360 g/mol. The number of aromatic hydroxyl groups is 1. The normalized spacial score (nSPS) is 10.2. The van der Waals surface area contributed by atoms with Crippen LogP contribution in [0.4, 0.5) is 5.69 Å². The molecule has 6 heteroatoms. The number of nitrogens with zero attached hydrogens (tertiary/aromatic N) is 1. The van der Waals surface area contributed by atoms with Crippen molar-refractivity contribution < 1.29 is 19.4 Å². The Morgan fingerprint density at radius 1 is 1.04 bits per heavy atom. The van der Waals surface area contributed by atoms with E-state index in [1.165, 1.54) is 12.1 Å². The Bertz CT molecular complexity index is 1040. The van der Waals surface area contributed by atoms with Crippen molar-refractivity contribution in [2.24, 2.45) is 0 Å². The molecule has 0 aliphatic heterocycles. The zero-order valence-corrected chi connectivity index (χ0v) is 14.3. The molecular weight excluding hydrogens is 344 g/mol. The molecule has 0 aromatic heterocycles. The molecule has 0 aliphatic carbocycles. The van der Waals surface area contributed by atoms with E-state index in [-0.39, 0.29) is 11.3 Å². The van der Waals surface area contributed by atoms with Gasteiger partial charge in [0.05, 0.1) is 12.5 Å². The van der Waals surface area contributed by atoms with Crippen molar-refractivity contribution in [1.29, 1.82) is 5.26 Å². The van der Waals surface area contributed by atoms with Crippen molar-refractivity contribution in [1.82, 2.24) is 0 Å². The SMILES string of the molecule is N#CCc1ccc(NC(=O)COC(=O)c2cc3ccccc3cc2O)cc1. The molecule has 2 N–H and O–H groups in total. The Kier molecular flexibility index (Phi) is 5.33. The van der Waals surface area contributed by atoms with E-state index in [2.05, 4.69) is 5.32 Å². The number of hydrogen-bond acceptors (Lipinski definition) is 5. The van der Waals surface area contributed by atoms with E-state index in [9.17, 15) is 14.7 Å². The number of rotatable bonds is 5. The first kappa shape index (κ1) is 18.0. The lowest BCUT2D eigenvalue weighted by molar-refractivity contribution is -0.119. The summed E-state index contributed by atoms with van der Waals surface area (Å²) in [6, 6.07) is 19.1. The number of benzene rings is 3. The number of nitriles is 1. The first-order chi connectivity index (χ1) is 13.1. The highest BCUT2D eigenvalue weighted by molar-refractivity contribution is 6.00. The number of ether oxygens (including phenoxy) is 1. The lowest BCUT2D eigenvalue weighted by atomic mass is 10.1.